The lowest BCUT2D eigenvalue weighted by molar-refractivity contribution is -0.121. The molecule has 0 aliphatic carbocycles. The van der Waals surface area contributed by atoms with Crippen LogP contribution in [0.25, 0.3) is 6.08 Å². The number of para-hydroxylation sites is 2. The van der Waals surface area contributed by atoms with Crippen molar-refractivity contribution >= 4 is 29.8 Å². The molecular formula is C20H20N2O2. The predicted molar refractivity (Wildman–Crippen MR) is 96.8 cm³/mol. The highest BCUT2D eigenvalue weighted by Gasteiger charge is 2.30. The number of nitrogens with zero attached hydrogens (tertiary/aromatic N) is 2. The van der Waals surface area contributed by atoms with E-state index in [-0.39, 0.29) is 11.8 Å². The van der Waals surface area contributed by atoms with Gasteiger partial charge in [0.1, 0.15) is 0 Å². The van der Waals surface area contributed by atoms with E-state index >= 15 is 0 Å². The minimum Gasteiger partial charge on any atom is -0.312 e. The largest absolute Gasteiger partial charge is 0.312 e. The number of amides is 2. The SMILES string of the molecule is CC1CN(C=O)c2ccccc2N(CC=Cc2ccccc2)C1=O. The fourth-order valence-corrected chi connectivity index (χ4v) is 2.94. The van der Waals surface area contributed by atoms with E-state index in [0.717, 1.165) is 23.3 Å². The van der Waals surface area contributed by atoms with Gasteiger partial charge < -0.3 is 9.80 Å². The number of hydrogen-bond acceptors (Lipinski definition) is 2. The summed E-state index contributed by atoms with van der Waals surface area (Å²) in [7, 11) is 0. The first-order valence-corrected chi connectivity index (χ1v) is 8.04. The normalized spacial score (nSPS) is 17.7. The second kappa shape index (κ2) is 7.13. The molecule has 0 N–H and O–H groups in total. The Kier molecular flexibility index (Phi) is 4.75. The molecule has 1 aliphatic heterocycles. The number of hydrogen-bond donors (Lipinski definition) is 0. The molecule has 1 atom stereocenters. The molecule has 2 aromatic rings. The van der Waals surface area contributed by atoms with Crippen LogP contribution in [0.5, 0.6) is 0 Å². The third-order valence-corrected chi connectivity index (χ3v) is 4.17. The van der Waals surface area contributed by atoms with Crippen LogP contribution >= 0.6 is 0 Å². The Morgan fingerprint density at radius 3 is 2.42 bits per heavy atom. The zero-order valence-corrected chi connectivity index (χ0v) is 13.6. The standard InChI is InChI=1S/C20H20N2O2/c1-16-14-21(15-23)18-11-5-6-12-19(18)22(20(16)24)13-7-10-17-8-3-2-4-9-17/h2-12,15-16H,13-14H2,1H3. The van der Waals surface area contributed by atoms with E-state index in [4.69, 9.17) is 0 Å². The number of anilines is 2. The van der Waals surface area contributed by atoms with Crippen molar-refractivity contribution in [3.8, 4) is 0 Å². The Morgan fingerprint density at radius 1 is 1.04 bits per heavy atom. The number of rotatable bonds is 4. The van der Waals surface area contributed by atoms with E-state index in [1.165, 1.54) is 0 Å². The fraction of sp³-hybridized carbons (Fsp3) is 0.200. The van der Waals surface area contributed by atoms with Crippen molar-refractivity contribution in [1.82, 2.24) is 0 Å². The van der Waals surface area contributed by atoms with Gasteiger partial charge in [-0.3, -0.25) is 9.59 Å². The van der Waals surface area contributed by atoms with Crippen molar-refractivity contribution in [3.05, 3.63) is 66.2 Å². The second-order valence-electron chi connectivity index (χ2n) is 5.91. The average Bonchev–Trinajstić information content (AvgIpc) is 2.72. The minimum atomic E-state index is -0.243. The molecule has 2 aromatic carbocycles. The maximum atomic E-state index is 12.8. The Bertz CT molecular complexity index is 755. The van der Waals surface area contributed by atoms with Crippen LogP contribution in [0.2, 0.25) is 0 Å². The Morgan fingerprint density at radius 2 is 1.71 bits per heavy atom. The summed E-state index contributed by atoms with van der Waals surface area (Å²) in [6.45, 7) is 2.73. The lowest BCUT2D eigenvalue weighted by atomic mass is 10.1. The molecule has 3 rings (SSSR count). The first kappa shape index (κ1) is 16.0. The van der Waals surface area contributed by atoms with Gasteiger partial charge in [0, 0.05) is 13.1 Å². The van der Waals surface area contributed by atoms with Gasteiger partial charge in [-0.05, 0) is 17.7 Å². The molecule has 0 bridgehead atoms. The minimum absolute atomic E-state index is 0.0320. The number of fused-ring (bicyclic) bond motifs is 1. The van der Waals surface area contributed by atoms with Gasteiger partial charge in [0.2, 0.25) is 12.3 Å². The van der Waals surface area contributed by atoms with Crippen molar-refractivity contribution in [2.75, 3.05) is 22.9 Å². The Balaban J connectivity index is 1.90. The van der Waals surface area contributed by atoms with Gasteiger partial charge in [-0.1, -0.05) is 61.5 Å². The topological polar surface area (TPSA) is 40.6 Å². The Labute approximate surface area is 142 Å². The first-order chi connectivity index (χ1) is 11.7. The quantitative estimate of drug-likeness (QED) is 0.811. The van der Waals surface area contributed by atoms with Crippen LogP contribution in [0.4, 0.5) is 11.4 Å². The molecule has 1 aliphatic rings. The lowest BCUT2D eigenvalue weighted by Crippen LogP contribution is -2.36. The summed E-state index contributed by atoms with van der Waals surface area (Å²) in [4.78, 5) is 27.5. The van der Waals surface area contributed by atoms with E-state index in [1.807, 2.05) is 73.7 Å². The Hall–Kier alpha value is -2.88. The van der Waals surface area contributed by atoms with Gasteiger partial charge in [0.15, 0.2) is 0 Å². The molecule has 2 amide bonds. The molecule has 0 spiro atoms. The van der Waals surface area contributed by atoms with Crippen LogP contribution in [0.15, 0.2) is 60.7 Å². The van der Waals surface area contributed by atoms with Crippen LogP contribution in [0.1, 0.15) is 12.5 Å². The molecular weight excluding hydrogens is 300 g/mol. The molecule has 1 heterocycles. The summed E-state index contributed by atoms with van der Waals surface area (Å²) < 4.78 is 0. The number of benzene rings is 2. The summed E-state index contributed by atoms with van der Waals surface area (Å²) >= 11 is 0. The molecule has 1 unspecified atom stereocenters. The summed E-state index contributed by atoms with van der Waals surface area (Å²) in [5.41, 5.74) is 2.64. The first-order valence-electron chi connectivity index (χ1n) is 8.04. The smallest absolute Gasteiger partial charge is 0.231 e. The van der Waals surface area contributed by atoms with E-state index in [0.29, 0.717) is 13.1 Å². The van der Waals surface area contributed by atoms with Crippen molar-refractivity contribution < 1.29 is 9.59 Å². The van der Waals surface area contributed by atoms with Crippen molar-refractivity contribution in [2.24, 2.45) is 5.92 Å². The molecule has 0 fully saturated rings. The zero-order chi connectivity index (χ0) is 16.9. The fourth-order valence-electron chi connectivity index (χ4n) is 2.94. The average molecular weight is 320 g/mol. The molecule has 122 valence electrons. The van der Waals surface area contributed by atoms with Gasteiger partial charge in [-0.2, -0.15) is 0 Å². The molecule has 24 heavy (non-hydrogen) atoms. The van der Waals surface area contributed by atoms with Crippen molar-refractivity contribution in [1.29, 1.82) is 0 Å². The summed E-state index contributed by atoms with van der Waals surface area (Å²) in [5.74, 6) is -0.211. The second-order valence-corrected chi connectivity index (χ2v) is 5.91. The van der Waals surface area contributed by atoms with Crippen LogP contribution < -0.4 is 9.80 Å². The molecule has 0 aromatic heterocycles. The van der Waals surface area contributed by atoms with Gasteiger partial charge in [0.05, 0.1) is 17.3 Å². The maximum Gasteiger partial charge on any atom is 0.231 e. The van der Waals surface area contributed by atoms with E-state index in [9.17, 15) is 9.59 Å². The monoisotopic (exact) mass is 320 g/mol. The van der Waals surface area contributed by atoms with E-state index in [1.54, 1.807) is 9.80 Å². The molecule has 4 heteroatoms. The van der Waals surface area contributed by atoms with Gasteiger partial charge in [-0.15, -0.1) is 0 Å². The highest BCUT2D eigenvalue weighted by molar-refractivity contribution is 6.02. The maximum absolute atomic E-state index is 12.8. The third kappa shape index (κ3) is 3.23. The van der Waals surface area contributed by atoms with Crippen LogP contribution in [-0.2, 0) is 9.59 Å². The van der Waals surface area contributed by atoms with Crippen LogP contribution in [0.3, 0.4) is 0 Å². The molecule has 0 radical (unpaired) electrons. The highest BCUT2D eigenvalue weighted by Crippen LogP contribution is 2.33. The molecule has 0 saturated heterocycles. The highest BCUT2D eigenvalue weighted by atomic mass is 16.2. The van der Waals surface area contributed by atoms with Crippen LogP contribution in [-0.4, -0.2) is 25.4 Å². The van der Waals surface area contributed by atoms with Crippen molar-refractivity contribution in [2.45, 2.75) is 6.92 Å². The summed E-state index contributed by atoms with van der Waals surface area (Å²) in [5, 5.41) is 0. The number of carbonyl (C=O) groups excluding carboxylic acids is 2. The van der Waals surface area contributed by atoms with Crippen LogP contribution in [0, 0.1) is 5.92 Å². The predicted octanol–water partition coefficient (Wildman–Crippen LogP) is 3.35. The lowest BCUT2D eigenvalue weighted by Gasteiger charge is -2.23. The van der Waals surface area contributed by atoms with E-state index < -0.39 is 0 Å². The molecule has 4 nitrogen and oxygen atoms in total. The van der Waals surface area contributed by atoms with Gasteiger partial charge >= 0.3 is 0 Å². The number of carbonyl (C=O) groups is 2. The van der Waals surface area contributed by atoms with Crippen molar-refractivity contribution in [3.63, 3.8) is 0 Å². The zero-order valence-electron chi connectivity index (χ0n) is 13.6. The van der Waals surface area contributed by atoms with E-state index in [2.05, 4.69) is 0 Å². The van der Waals surface area contributed by atoms with Gasteiger partial charge in [-0.25, -0.2) is 0 Å². The van der Waals surface area contributed by atoms with Gasteiger partial charge in [0.25, 0.3) is 0 Å². The summed E-state index contributed by atoms with van der Waals surface area (Å²) in [6.07, 6.45) is 4.78. The third-order valence-electron chi connectivity index (χ3n) is 4.17. The molecule has 0 saturated carbocycles. The summed E-state index contributed by atoms with van der Waals surface area (Å²) in [6, 6.07) is 17.5.